The van der Waals surface area contributed by atoms with E-state index in [0.717, 1.165) is 55.8 Å². The first-order valence-electron chi connectivity index (χ1n) is 12.6. The molecule has 0 radical (unpaired) electrons. The fourth-order valence-corrected chi connectivity index (χ4v) is 7.05. The third-order valence-corrected chi connectivity index (χ3v) is 8.02. The highest BCUT2D eigenvalue weighted by Crippen LogP contribution is 2.61. The minimum absolute atomic E-state index is 0.0799. The van der Waals surface area contributed by atoms with Crippen molar-refractivity contribution in [3.05, 3.63) is 24.3 Å². The van der Waals surface area contributed by atoms with Gasteiger partial charge >= 0.3 is 5.97 Å². The van der Waals surface area contributed by atoms with Crippen molar-refractivity contribution >= 4 is 29.2 Å². The first-order chi connectivity index (χ1) is 16.5. The van der Waals surface area contributed by atoms with Gasteiger partial charge < -0.3 is 25.0 Å². The lowest BCUT2D eigenvalue weighted by molar-refractivity contribution is -0.147. The predicted molar refractivity (Wildman–Crippen MR) is 127 cm³/mol. The molecule has 4 bridgehead atoms. The smallest absolute Gasteiger partial charge is 0.325 e. The van der Waals surface area contributed by atoms with Gasteiger partial charge in [0, 0.05) is 30.9 Å². The summed E-state index contributed by atoms with van der Waals surface area (Å²) in [6, 6.07) is 7.56. The Balaban J connectivity index is 1.00. The van der Waals surface area contributed by atoms with Crippen molar-refractivity contribution in [2.24, 2.45) is 23.2 Å². The van der Waals surface area contributed by atoms with E-state index in [0.29, 0.717) is 25.3 Å². The molecule has 8 heteroatoms. The number of nitrogens with zero attached hydrogens (tertiary/aromatic N) is 1. The SMILES string of the molecule is O=C(CC12CC3CC(CC(C3)C1)C2)NCC(=O)OCC(=O)Nc1ccc(N2CCOCC2)cc1. The average molecular weight is 470 g/mol. The van der Waals surface area contributed by atoms with Crippen molar-refractivity contribution in [2.75, 3.05) is 49.7 Å². The standard InChI is InChI=1S/C26H35N3O5/c30-23(15-26-12-18-9-19(13-26)11-20(10-18)14-26)27-16-25(32)34-17-24(31)28-21-1-3-22(4-2-21)29-5-7-33-8-6-29/h1-4,18-20H,5-17H2,(H,27,30)(H,28,31). The molecule has 0 atom stereocenters. The molecule has 8 nitrogen and oxygen atoms in total. The van der Waals surface area contributed by atoms with Crippen LogP contribution in [0.3, 0.4) is 0 Å². The van der Waals surface area contributed by atoms with Crippen LogP contribution in [-0.4, -0.2) is 57.2 Å². The van der Waals surface area contributed by atoms with Gasteiger partial charge in [-0.25, -0.2) is 0 Å². The minimum Gasteiger partial charge on any atom is -0.454 e. The molecular formula is C26H35N3O5. The van der Waals surface area contributed by atoms with Crippen LogP contribution < -0.4 is 15.5 Å². The van der Waals surface area contributed by atoms with Gasteiger partial charge in [0.25, 0.3) is 5.91 Å². The lowest BCUT2D eigenvalue weighted by Crippen LogP contribution is -2.48. The van der Waals surface area contributed by atoms with Gasteiger partial charge in [-0.1, -0.05) is 0 Å². The Hall–Kier alpha value is -2.61. The molecule has 0 aromatic heterocycles. The third kappa shape index (κ3) is 5.54. The molecule has 4 saturated carbocycles. The van der Waals surface area contributed by atoms with Crippen LogP contribution in [0.25, 0.3) is 0 Å². The topological polar surface area (TPSA) is 97.0 Å². The summed E-state index contributed by atoms with van der Waals surface area (Å²) in [5.41, 5.74) is 1.86. The third-order valence-electron chi connectivity index (χ3n) is 8.02. The van der Waals surface area contributed by atoms with Gasteiger partial charge in [-0.2, -0.15) is 0 Å². The van der Waals surface area contributed by atoms with Gasteiger partial charge in [0.1, 0.15) is 6.54 Å². The number of hydrogen-bond acceptors (Lipinski definition) is 6. The summed E-state index contributed by atoms with van der Waals surface area (Å²) in [6.45, 7) is 2.54. The Bertz CT molecular complexity index is 874. The molecular weight excluding hydrogens is 434 g/mol. The number of amides is 2. The van der Waals surface area contributed by atoms with E-state index in [1.54, 1.807) is 0 Å². The van der Waals surface area contributed by atoms with Crippen LogP contribution in [-0.2, 0) is 23.9 Å². The molecule has 0 unspecified atom stereocenters. The number of ether oxygens (including phenoxy) is 2. The summed E-state index contributed by atoms with van der Waals surface area (Å²) in [6.07, 6.45) is 8.00. The van der Waals surface area contributed by atoms with Gasteiger partial charge in [-0.05, 0) is 86.0 Å². The number of rotatable bonds is 8. The Morgan fingerprint density at radius 1 is 0.941 bits per heavy atom. The predicted octanol–water partition coefficient (Wildman–Crippen LogP) is 2.73. The largest absolute Gasteiger partial charge is 0.454 e. The maximum absolute atomic E-state index is 12.5. The van der Waals surface area contributed by atoms with Crippen molar-refractivity contribution in [1.29, 1.82) is 0 Å². The molecule has 184 valence electrons. The summed E-state index contributed by atoms with van der Waals surface area (Å²) in [5, 5.41) is 5.44. The van der Waals surface area contributed by atoms with Crippen LogP contribution >= 0.6 is 0 Å². The fourth-order valence-electron chi connectivity index (χ4n) is 7.05. The van der Waals surface area contributed by atoms with Crippen LogP contribution in [0, 0.1) is 23.2 Å². The number of carbonyl (C=O) groups excluding carboxylic acids is 3. The van der Waals surface area contributed by atoms with Crippen LogP contribution in [0.4, 0.5) is 11.4 Å². The van der Waals surface area contributed by atoms with Crippen molar-refractivity contribution in [3.63, 3.8) is 0 Å². The molecule has 1 aliphatic heterocycles. The normalized spacial score (nSPS) is 29.5. The van der Waals surface area contributed by atoms with Crippen molar-refractivity contribution in [3.8, 4) is 0 Å². The van der Waals surface area contributed by atoms with E-state index in [-0.39, 0.29) is 24.5 Å². The molecule has 5 fully saturated rings. The summed E-state index contributed by atoms with van der Waals surface area (Å²) in [4.78, 5) is 39.0. The number of nitrogens with one attached hydrogen (secondary N) is 2. The number of carbonyl (C=O) groups is 3. The molecule has 1 heterocycles. The second-order valence-electron chi connectivity index (χ2n) is 10.7. The van der Waals surface area contributed by atoms with Crippen molar-refractivity contribution in [1.82, 2.24) is 5.32 Å². The first kappa shape index (κ1) is 23.1. The molecule has 4 aliphatic carbocycles. The van der Waals surface area contributed by atoms with Gasteiger partial charge in [-0.15, -0.1) is 0 Å². The van der Waals surface area contributed by atoms with E-state index < -0.39 is 11.9 Å². The maximum Gasteiger partial charge on any atom is 0.325 e. The zero-order valence-electron chi connectivity index (χ0n) is 19.7. The summed E-state index contributed by atoms with van der Waals surface area (Å²) in [7, 11) is 0. The highest BCUT2D eigenvalue weighted by atomic mass is 16.5. The second kappa shape index (κ2) is 9.94. The molecule has 2 amide bonds. The molecule has 1 aromatic carbocycles. The van der Waals surface area contributed by atoms with Crippen molar-refractivity contribution in [2.45, 2.75) is 44.9 Å². The summed E-state index contributed by atoms with van der Waals surface area (Å²) < 4.78 is 10.4. The van der Waals surface area contributed by atoms with E-state index in [1.165, 1.54) is 19.3 Å². The number of esters is 1. The molecule has 1 aromatic rings. The van der Waals surface area contributed by atoms with E-state index in [9.17, 15) is 14.4 Å². The van der Waals surface area contributed by atoms with Crippen LogP contribution in [0.2, 0.25) is 0 Å². The highest BCUT2D eigenvalue weighted by molar-refractivity contribution is 5.93. The lowest BCUT2D eigenvalue weighted by atomic mass is 9.49. The maximum atomic E-state index is 12.5. The number of anilines is 2. The van der Waals surface area contributed by atoms with Crippen LogP contribution in [0.1, 0.15) is 44.9 Å². The number of hydrogen-bond donors (Lipinski definition) is 2. The lowest BCUT2D eigenvalue weighted by Gasteiger charge is -2.56. The zero-order valence-corrected chi connectivity index (χ0v) is 19.7. The second-order valence-corrected chi connectivity index (χ2v) is 10.7. The quantitative estimate of drug-likeness (QED) is 0.569. The summed E-state index contributed by atoms with van der Waals surface area (Å²) >= 11 is 0. The molecule has 1 saturated heterocycles. The molecule has 6 rings (SSSR count). The van der Waals surface area contributed by atoms with Gasteiger partial charge in [0.15, 0.2) is 6.61 Å². The van der Waals surface area contributed by atoms with E-state index in [4.69, 9.17) is 9.47 Å². The van der Waals surface area contributed by atoms with Crippen LogP contribution in [0.5, 0.6) is 0 Å². The van der Waals surface area contributed by atoms with Gasteiger partial charge in [0.2, 0.25) is 5.91 Å². The number of benzene rings is 1. The van der Waals surface area contributed by atoms with E-state index in [1.807, 2.05) is 24.3 Å². The Morgan fingerprint density at radius 3 is 2.18 bits per heavy atom. The molecule has 2 N–H and O–H groups in total. The Morgan fingerprint density at radius 2 is 1.56 bits per heavy atom. The van der Waals surface area contributed by atoms with E-state index >= 15 is 0 Å². The minimum atomic E-state index is -0.600. The number of morpholine rings is 1. The Labute approximate surface area is 200 Å². The Kier molecular flexibility index (Phi) is 6.77. The molecule has 0 spiro atoms. The fraction of sp³-hybridized carbons (Fsp3) is 0.654. The first-order valence-corrected chi connectivity index (χ1v) is 12.6. The van der Waals surface area contributed by atoms with Gasteiger partial charge in [-0.3, -0.25) is 14.4 Å². The van der Waals surface area contributed by atoms with Crippen molar-refractivity contribution < 1.29 is 23.9 Å². The molecule has 5 aliphatic rings. The monoisotopic (exact) mass is 469 g/mol. The van der Waals surface area contributed by atoms with E-state index in [2.05, 4.69) is 15.5 Å². The summed E-state index contributed by atoms with van der Waals surface area (Å²) in [5.74, 6) is 1.28. The molecule has 34 heavy (non-hydrogen) atoms. The average Bonchev–Trinajstić information content (AvgIpc) is 2.81. The highest BCUT2D eigenvalue weighted by Gasteiger charge is 2.51. The van der Waals surface area contributed by atoms with Crippen LogP contribution in [0.15, 0.2) is 24.3 Å². The van der Waals surface area contributed by atoms with Gasteiger partial charge in [0.05, 0.1) is 13.2 Å². The zero-order chi connectivity index (χ0) is 23.5.